The van der Waals surface area contributed by atoms with E-state index in [0.29, 0.717) is 11.4 Å². The van der Waals surface area contributed by atoms with Crippen LogP contribution in [-0.4, -0.2) is 18.3 Å². The molecule has 19 heavy (non-hydrogen) atoms. The summed E-state index contributed by atoms with van der Waals surface area (Å²) in [5.41, 5.74) is 1.20. The number of halogens is 1. The van der Waals surface area contributed by atoms with Gasteiger partial charge in [-0.2, -0.15) is 0 Å². The third kappa shape index (κ3) is 2.67. The Kier molecular flexibility index (Phi) is 3.70. The number of benzene rings is 1. The minimum Gasteiger partial charge on any atom is -0.399 e. The van der Waals surface area contributed by atoms with E-state index in [4.69, 9.17) is 27.3 Å². The van der Waals surface area contributed by atoms with E-state index >= 15 is 0 Å². The summed E-state index contributed by atoms with van der Waals surface area (Å²) in [4.78, 5) is 0. The molecule has 1 aliphatic rings. The lowest BCUT2D eigenvalue weighted by atomic mass is 9.75. The van der Waals surface area contributed by atoms with Crippen LogP contribution in [0, 0.1) is 12.3 Å². The van der Waals surface area contributed by atoms with Crippen LogP contribution in [-0.2, 0) is 15.7 Å². The summed E-state index contributed by atoms with van der Waals surface area (Å²) < 4.78 is 12.1. The SMILES string of the molecule is C#CCc1ccc(Cl)cc1B1OC(C)(C)C(C)(C)O1. The van der Waals surface area contributed by atoms with Crippen molar-refractivity contribution >= 4 is 24.2 Å². The van der Waals surface area contributed by atoms with Gasteiger partial charge in [-0.1, -0.05) is 17.7 Å². The van der Waals surface area contributed by atoms with Crippen molar-refractivity contribution in [1.82, 2.24) is 0 Å². The topological polar surface area (TPSA) is 18.5 Å². The van der Waals surface area contributed by atoms with E-state index in [9.17, 15) is 0 Å². The van der Waals surface area contributed by atoms with E-state index in [1.54, 1.807) is 0 Å². The molecule has 0 bridgehead atoms. The van der Waals surface area contributed by atoms with Crippen molar-refractivity contribution in [2.45, 2.75) is 45.3 Å². The third-order valence-corrected chi connectivity index (χ3v) is 4.14. The fourth-order valence-electron chi connectivity index (χ4n) is 2.03. The molecule has 0 saturated carbocycles. The highest BCUT2D eigenvalue weighted by atomic mass is 35.5. The summed E-state index contributed by atoms with van der Waals surface area (Å²) in [7, 11) is -0.424. The highest BCUT2D eigenvalue weighted by Gasteiger charge is 2.52. The van der Waals surface area contributed by atoms with Gasteiger partial charge in [0.2, 0.25) is 0 Å². The Bertz CT molecular complexity index is 515. The first-order chi connectivity index (χ1) is 8.77. The molecule has 4 heteroatoms. The molecule has 0 aromatic heterocycles. The summed E-state index contributed by atoms with van der Waals surface area (Å²) >= 11 is 6.07. The number of hydrogen-bond donors (Lipinski definition) is 0. The number of hydrogen-bond acceptors (Lipinski definition) is 2. The number of terminal acetylenes is 1. The highest BCUT2D eigenvalue weighted by molar-refractivity contribution is 6.63. The minimum atomic E-state index is -0.424. The van der Waals surface area contributed by atoms with Gasteiger partial charge in [0, 0.05) is 11.4 Å². The lowest BCUT2D eigenvalue weighted by molar-refractivity contribution is 0.00578. The van der Waals surface area contributed by atoms with Gasteiger partial charge in [0.25, 0.3) is 0 Å². The molecule has 2 nitrogen and oxygen atoms in total. The van der Waals surface area contributed by atoms with E-state index < -0.39 is 7.12 Å². The van der Waals surface area contributed by atoms with Gasteiger partial charge in [-0.25, -0.2) is 0 Å². The second-order valence-electron chi connectivity index (χ2n) is 5.81. The van der Waals surface area contributed by atoms with E-state index in [2.05, 4.69) is 5.92 Å². The van der Waals surface area contributed by atoms with Gasteiger partial charge in [0.05, 0.1) is 11.2 Å². The van der Waals surface area contributed by atoms with Gasteiger partial charge in [-0.05, 0) is 50.9 Å². The summed E-state index contributed by atoms with van der Waals surface area (Å²) in [6, 6.07) is 5.64. The molecular formula is C15H18BClO2. The normalized spacial score (nSPS) is 20.3. The Morgan fingerprint density at radius 2 is 1.79 bits per heavy atom. The maximum Gasteiger partial charge on any atom is 0.495 e. The van der Waals surface area contributed by atoms with Gasteiger partial charge in [0.1, 0.15) is 0 Å². The standard InChI is InChI=1S/C15H18BClO2/c1-6-7-11-8-9-12(17)10-13(11)16-18-14(2,3)15(4,5)19-16/h1,8-10H,7H2,2-5H3. The zero-order valence-corrected chi connectivity index (χ0v) is 12.5. The van der Waals surface area contributed by atoms with Crippen LogP contribution >= 0.6 is 11.6 Å². The van der Waals surface area contributed by atoms with E-state index in [1.807, 2.05) is 45.9 Å². The summed E-state index contributed by atoms with van der Waals surface area (Å²) in [6.07, 6.45) is 5.95. The molecule has 1 aromatic carbocycles. The fraction of sp³-hybridized carbons (Fsp3) is 0.467. The molecule has 0 unspecified atom stereocenters. The molecule has 0 radical (unpaired) electrons. The van der Waals surface area contributed by atoms with Crippen molar-refractivity contribution < 1.29 is 9.31 Å². The molecule has 2 rings (SSSR count). The van der Waals surface area contributed by atoms with Crippen molar-refractivity contribution in [3.63, 3.8) is 0 Å². The Labute approximate surface area is 120 Å². The van der Waals surface area contributed by atoms with Crippen LogP contribution in [0.1, 0.15) is 33.3 Å². The first-order valence-electron chi connectivity index (χ1n) is 6.34. The Morgan fingerprint density at radius 1 is 1.21 bits per heavy atom. The molecule has 1 aliphatic heterocycles. The lowest BCUT2D eigenvalue weighted by Gasteiger charge is -2.32. The Morgan fingerprint density at radius 3 is 2.32 bits per heavy atom. The average Bonchev–Trinajstić information content (AvgIpc) is 2.51. The van der Waals surface area contributed by atoms with Gasteiger partial charge in [-0.3, -0.25) is 0 Å². The minimum absolute atomic E-state index is 0.368. The van der Waals surface area contributed by atoms with E-state index in [0.717, 1.165) is 11.0 Å². The van der Waals surface area contributed by atoms with Crippen LogP contribution in [0.4, 0.5) is 0 Å². The van der Waals surface area contributed by atoms with Crippen molar-refractivity contribution in [2.24, 2.45) is 0 Å². The van der Waals surface area contributed by atoms with Crippen LogP contribution in [0.2, 0.25) is 5.02 Å². The largest absolute Gasteiger partial charge is 0.495 e. The molecule has 1 aromatic rings. The molecule has 100 valence electrons. The predicted molar refractivity (Wildman–Crippen MR) is 79.7 cm³/mol. The second kappa shape index (κ2) is 4.87. The van der Waals surface area contributed by atoms with Crippen LogP contribution < -0.4 is 5.46 Å². The smallest absolute Gasteiger partial charge is 0.399 e. The maximum atomic E-state index is 6.07. The predicted octanol–water partition coefficient (Wildman–Crippen LogP) is 2.81. The van der Waals surface area contributed by atoms with Gasteiger partial charge < -0.3 is 9.31 Å². The Hall–Kier alpha value is -0.945. The molecule has 0 atom stereocenters. The van der Waals surface area contributed by atoms with Crippen LogP contribution in [0.25, 0.3) is 0 Å². The first kappa shape index (κ1) is 14.5. The zero-order valence-electron chi connectivity index (χ0n) is 11.8. The summed E-state index contributed by atoms with van der Waals surface area (Å²) in [6.45, 7) is 8.10. The molecule has 0 aliphatic carbocycles. The van der Waals surface area contributed by atoms with Crippen molar-refractivity contribution in [3.8, 4) is 12.3 Å². The van der Waals surface area contributed by atoms with E-state index in [-0.39, 0.29) is 11.2 Å². The first-order valence-corrected chi connectivity index (χ1v) is 6.72. The fourth-order valence-corrected chi connectivity index (χ4v) is 2.21. The van der Waals surface area contributed by atoms with Crippen molar-refractivity contribution in [2.75, 3.05) is 0 Å². The van der Waals surface area contributed by atoms with Gasteiger partial charge in [0.15, 0.2) is 0 Å². The third-order valence-electron chi connectivity index (χ3n) is 3.91. The monoisotopic (exact) mass is 276 g/mol. The second-order valence-corrected chi connectivity index (χ2v) is 6.25. The van der Waals surface area contributed by atoms with Gasteiger partial charge in [-0.15, -0.1) is 12.3 Å². The highest BCUT2D eigenvalue weighted by Crippen LogP contribution is 2.36. The van der Waals surface area contributed by atoms with Gasteiger partial charge >= 0.3 is 7.12 Å². The van der Waals surface area contributed by atoms with Crippen LogP contribution in [0.3, 0.4) is 0 Å². The summed E-state index contributed by atoms with van der Waals surface area (Å²) in [5, 5.41) is 0.658. The number of rotatable bonds is 2. The molecule has 1 fully saturated rings. The maximum absolute atomic E-state index is 6.07. The molecular weight excluding hydrogens is 258 g/mol. The molecule has 0 amide bonds. The van der Waals surface area contributed by atoms with Crippen molar-refractivity contribution in [3.05, 3.63) is 28.8 Å². The van der Waals surface area contributed by atoms with Crippen LogP contribution in [0.5, 0.6) is 0 Å². The average molecular weight is 277 g/mol. The quantitative estimate of drug-likeness (QED) is 0.611. The summed E-state index contributed by atoms with van der Waals surface area (Å²) in [5.74, 6) is 2.65. The Balaban J connectivity index is 2.39. The lowest BCUT2D eigenvalue weighted by Crippen LogP contribution is -2.41. The molecule has 1 heterocycles. The zero-order chi connectivity index (χ0) is 14.3. The van der Waals surface area contributed by atoms with Crippen molar-refractivity contribution in [1.29, 1.82) is 0 Å². The van der Waals surface area contributed by atoms with Crippen LogP contribution in [0.15, 0.2) is 18.2 Å². The molecule has 1 saturated heterocycles. The molecule has 0 spiro atoms. The molecule has 0 N–H and O–H groups in total. The van der Waals surface area contributed by atoms with E-state index in [1.165, 1.54) is 0 Å².